The first-order valence-electron chi connectivity index (χ1n) is 4.80. The molecular formula is C12H10F2O2. The van der Waals surface area contributed by atoms with E-state index in [-0.39, 0.29) is 0 Å². The molecule has 0 amide bonds. The summed E-state index contributed by atoms with van der Waals surface area (Å²) >= 11 is 0. The van der Waals surface area contributed by atoms with Crippen molar-refractivity contribution in [1.82, 2.24) is 0 Å². The number of hydrogen-bond donors (Lipinski definition) is 1. The van der Waals surface area contributed by atoms with Crippen LogP contribution in [0.2, 0.25) is 0 Å². The van der Waals surface area contributed by atoms with Crippen molar-refractivity contribution < 1.29 is 18.3 Å². The SMILES string of the molecule is CC(O)c1ccc(-c2cc(F)cc(F)c2)o1. The molecule has 4 heteroatoms. The fraction of sp³-hybridized carbons (Fsp3) is 0.167. The molecule has 16 heavy (non-hydrogen) atoms. The molecule has 0 aliphatic carbocycles. The summed E-state index contributed by atoms with van der Waals surface area (Å²) in [7, 11) is 0. The van der Waals surface area contributed by atoms with E-state index >= 15 is 0 Å². The Kier molecular flexibility index (Phi) is 2.75. The van der Waals surface area contributed by atoms with Crippen molar-refractivity contribution in [2.75, 3.05) is 0 Å². The van der Waals surface area contributed by atoms with Gasteiger partial charge in [-0.1, -0.05) is 0 Å². The van der Waals surface area contributed by atoms with Gasteiger partial charge in [-0.25, -0.2) is 8.78 Å². The van der Waals surface area contributed by atoms with Crippen molar-refractivity contribution in [3.8, 4) is 11.3 Å². The molecule has 2 aromatic rings. The third-order valence-electron chi connectivity index (χ3n) is 2.19. The van der Waals surface area contributed by atoms with Crippen molar-refractivity contribution in [2.24, 2.45) is 0 Å². The maximum absolute atomic E-state index is 12.9. The molecule has 0 saturated carbocycles. The predicted molar refractivity (Wildman–Crippen MR) is 54.7 cm³/mol. The summed E-state index contributed by atoms with van der Waals surface area (Å²) in [6, 6.07) is 6.28. The van der Waals surface area contributed by atoms with Crippen molar-refractivity contribution in [3.05, 3.63) is 47.7 Å². The molecule has 0 aliphatic heterocycles. The largest absolute Gasteiger partial charge is 0.458 e. The lowest BCUT2D eigenvalue weighted by Gasteiger charge is -2.00. The maximum atomic E-state index is 12.9. The van der Waals surface area contributed by atoms with Crippen molar-refractivity contribution in [3.63, 3.8) is 0 Å². The third-order valence-corrected chi connectivity index (χ3v) is 2.19. The molecule has 2 nitrogen and oxygen atoms in total. The normalized spacial score (nSPS) is 12.8. The van der Waals surface area contributed by atoms with Gasteiger partial charge in [-0.05, 0) is 31.2 Å². The van der Waals surface area contributed by atoms with Gasteiger partial charge in [-0.2, -0.15) is 0 Å². The van der Waals surface area contributed by atoms with Crippen LogP contribution < -0.4 is 0 Å². The number of benzene rings is 1. The van der Waals surface area contributed by atoms with Gasteiger partial charge in [-0.15, -0.1) is 0 Å². The van der Waals surface area contributed by atoms with Gasteiger partial charge in [0.25, 0.3) is 0 Å². The zero-order valence-electron chi connectivity index (χ0n) is 8.58. The molecule has 84 valence electrons. The van der Waals surface area contributed by atoms with Gasteiger partial charge in [0.05, 0.1) is 0 Å². The summed E-state index contributed by atoms with van der Waals surface area (Å²) in [6.45, 7) is 1.55. The minimum atomic E-state index is -0.743. The van der Waals surface area contributed by atoms with Crippen LogP contribution in [0.5, 0.6) is 0 Å². The average molecular weight is 224 g/mol. The van der Waals surface area contributed by atoms with Crippen LogP contribution in [0.15, 0.2) is 34.7 Å². The van der Waals surface area contributed by atoms with E-state index in [4.69, 9.17) is 4.42 Å². The van der Waals surface area contributed by atoms with Crippen LogP contribution in [0, 0.1) is 11.6 Å². The fourth-order valence-electron chi connectivity index (χ4n) is 1.43. The van der Waals surface area contributed by atoms with E-state index in [1.165, 1.54) is 12.1 Å². The Hall–Kier alpha value is -1.68. The number of hydrogen-bond acceptors (Lipinski definition) is 2. The second kappa shape index (κ2) is 4.06. The third kappa shape index (κ3) is 2.12. The monoisotopic (exact) mass is 224 g/mol. The molecule has 0 saturated heterocycles. The molecule has 1 heterocycles. The molecule has 1 atom stereocenters. The van der Waals surface area contributed by atoms with Crippen molar-refractivity contribution in [2.45, 2.75) is 13.0 Å². The first-order chi connectivity index (χ1) is 7.56. The highest BCUT2D eigenvalue weighted by Gasteiger charge is 2.10. The van der Waals surface area contributed by atoms with Gasteiger partial charge in [0.2, 0.25) is 0 Å². The smallest absolute Gasteiger partial charge is 0.134 e. The van der Waals surface area contributed by atoms with Crippen LogP contribution in [-0.2, 0) is 0 Å². The molecule has 1 N–H and O–H groups in total. The van der Waals surface area contributed by atoms with Crippen LogP contribution >= 0.6 is 0 Å². The van der Waals surface area contributed by atoms with E-state index in [0.29, 0.717) is 17.1 Å². The van der Waals surface area contributed by atoms with E-state index in [9.17, 15) is 13.9 Å². The Labute approximate surface area is 91.1 Å². The summed E-state index contributed by atoms with van der Waals surface area (Å²) < 4.78 is 31.2. The molecule has 0 spiro atoms. The molecular weight excluding hydrogens is 214 g/mol. The minimum absolute atomic E-state index is 0.310. The van der Waals surface area contributed by atoms with Crippen molar-refractivity contribution in [1.29, 1.82) is 0 Å². The second-order valence-electron chi connectivity index (χ2n) is 3.54. The summed E-state index contributed by atoms with van der Waals surface area (Å²) in [5, 5.41) is 9.25. The molecule has 1 aromatic heterocycles. The van der Waals surface area contributed by atoms with E-state index in [0.717, 1.165) is 6.07 Å². The lowest BCUT2D eigenvalue weighted by molar-refractivity contribution is 0.170. The van der Waals surface area contributed by atoms with Crippen LogP contribution in [0.25, 0.3) is 11.3 Å². The molecule has 1 unspecified atom stereocenters. The van der Waals surface area contributed by atoms with Gasteiger partial charge in [-0.3, -0.25) is 0 Å². The van der Waals surface area contributed by atoms with Gasteiger partial charge in [0.15, 0.2) is 0 Å². The summed E-state index contributed by atoms with van der Waals surface area (Å²) in [5.41, 5.74) is 0.310. The number of furan rings is 1. The quantitative estimate of drug-likeness (QED) is 0.849. The first kappa shape index (κ1) is 10.8. The van der Waals surface area contributed by atoms with Gasteiger partial charge < -0.3 is 9.52 Å². The predicted octanol–water partition coefficient (Wildman–Crippen LogP) is 3.28. The lowest BCUT2D eigenvalue weighted by Crippen LogP contribution is -1.86. The molecule has 0 fully saturated rings. The molecule has 2 rings (SSSR count). The Morgan fingerprint density at radius 2 is 1.75 bits per heavy atom. The van der Waals surface area contributed by atoms with Gasteiger partial charge >= 0.3 is 0 Å². The molecule has 1 aromatic carbocycles. The van der Waals surface area contributed by atoms with Crippen LogP contribution in [-0.4, -0.2) is 5.11 Å². The van der Waals surface area contributed by atoms with E-state index < -0.39 is 17.7 Å². The second-order valence-corrected chi connectivity index (χ2v) is 3.54. The van der Waals surface area contributed by atoms with Crippen LogP contribution in [0.4, 0.5) is 8.78 Å². The number of rotatable bonds is 2. The summed E-state index contributed by atoms with van der Waals surface area (Å²) in [6.07, 6.45) is -0.743. The van der Waals surface area contributed by atoms with Crippen LogP contribution in [0.1, 0.15) is 18.8 Å². The van der Waals surface area contributed by atoms with Gasteiger partial charge in [0.1, 0.15) is 29.3 Å². The van der Waals surface area contributed by atoms with E-state index in [1.807, 2.05) is 0 Å². The standard InChI is InChI=1S/C12H10F2O2/c1-7(15)11-2-3-12(16-11)8-4-9(13)6-10(14)5-8/h2-7,15H,1H3. The highest BCUT2D eigenvalue weighted by Crippen LogP contribution is 2.26. The zero-order valence-corrected chi connectivity index (χ0v) is 8.58. The van der Waals surface area contributed by atoms with Crippen LogP contribution in [0.3, 0.4) is 0 Å². The molecule has 0 bridgehead atoms. The molecule has 0 radical (unpaired) electrons. The Balaban J connectivity index is 2.42. The maximum Gasteiger partial charge on any atom is 0.134 e. The number of halogens is 2. The highest BCUT2D eigenvalue weighted by atomic mass is 19.1. The van der Waals surface area contributed by atoms with Gasteiger partial charge in [0, 0.05) is 11.6 Å². The zero-order chi connectivity index (χ0) is 11.7. The highest BCUT2D eigenvalue weighted by molar-refractivity contribution is 5.57. The number of aliphatic hydroxyl groups is 1. The fourth-order valence-corrected chi connectivity index (χ4v) is 1.43. The average Bonchev–Trinajstić information content (AvgIpc) is 2.64. The van der Waals surface area contributed by atoms with E-state index in [2.05, 4.69) is 0 Å². The first-order valence-corrected chi connectivity index (χ1v) is 4.80. The topological polar surface area (TPSA) is 33.4 Å². The molecule has 0 aliphatic rings. The summed E-state index contributed by atoms with van der Waals surface area (Å²) in [5.74, 6) is -0.635. The minimum Gasteiger partial charge on any atom is -0.458 e. The van der Waals surface area contributed by atoms with Crippen molar-refractivity contribution >= 4 is 0 Å². The lowest BCUT2D eigenvalue weighted by atomic mass is 10.1. The van der Waals surface area contributed by atoms with E-state index in [1.54, 1.807) is 19.1 Å². The summed E-state index contributed by atoms with van der Waals surface area (Å²) in [4.78, 5) is 0. The Morgan fingerprint density at radius 3 is 2.25 bits per heavy atom. The Morgan fingerprint density at radius 1 is 1.12 bits per heavy atom. The Bertz CT molecular complexity index is 483. The number of aliphatic hydroxyl groups excluding tert-OH is 1.